The lowest BCUT2D eigenvalue weighted by Crippen LogP contribution is -2.22. The molecule has 0 radical (unpaired) electrons. The van der Waals surface area contributed by atoms with Crippen LogP contribution in [0.2, 0.25) is 5.02 Å². The van der Waals surface area contributed by atoms with Gasteiger partial charge in [-0.25, -0.2) is 18.4 Å². The molecule has 1 aliphatic heterocycles. The Labute approximate surface area is 148 Å². The average molecular weight is 388 g/mol. The molecule has 2 aromatic rings. The van der Waals surface area contributed by atoms with Crippen LogP contribution in [0.4, 0.5) is 0 Å². The molecule has 0 spiro atoms. The van der Waals surface area contributed by atoms with Crippen molar-refractivity contribution in [1.29, 1.82) is 0 Å². The molecule has 0 saturated heterocycles. The monoisotopic (exact) mass is 387 g/mol. The summed E-state index contributed by atoms with van der Waals surface area (Å²) in [6.45, 7) is 0. The van der Waals surface area contributed by atoms with E-state index < -0.39 is 21.1 Å². The first-order valence-electron chi connectivity index (χ1n) is 6.60. The van der Waals surface area contributed by atoms with Gasteiger partial charge in [0.1, 0.15) is 10.6 Å². The molecule has 1 atom stereocenters. The predicted octanol–water partition coefficient (Wildman–Crippen LogP) is 2.61. The molecule has 1 heterocycles. The summed E-state index contributed by atoms with van der Waals surface area (Å²) in [6.07, 6.45) is 0. The number of primary sulfonamides is 1. The smallest absolute Gasteiger partial charge is 0.341 e. The summed E-state index contributed by atoms with van der Waals surface area (Å²) in [5.41, 5.74) is 0.823. The second-order valence-electron chi connectivity index (χ2n) is 5.09. The van der Waals surface area contributed by atoms with Gasteiger partial charge in [-0.15, -0.1) is 0 Å². The molecule has 6 nitrogen and oxygen atoms in total. The Morgan fingerprint density at radius 1 is 1.21 bits per heavy atom. The van der Waals surface area contributed by atoms with E-state index in [1.807, 2.05) is 0 Å². The highest BCUT2D eigenvalue weighted by molar-refractivity contribution is 7.89. The van der Waals surface area contributed by atoms with E-state index in [0.29, 0.717) is 11.3 Å². The van der Waals surface area contributed by atoms with Gasteiger partial charge >= 0.3 is 5.97 Å². The van der Waals surface area contributed by atoms with E-state index in [1.54, 1.807) is 12.1 Å². The molecule has 24 heavy (non-hydrogen) atoms. The molecular weight excluding hydrogens is 377 g/mol. The van der Waals surface area contributed by atoms with E-state index in [4.69, 9.17) is 37.8 Å². The number of hydrogen-bond acceptors (Lipinski definition) is 5. The van der Waals surface area contributed by atoms with Gasteiger partial charge in [-0.3, -0.25) is 0 Å². The zero-order valence-corrected chi connectivity index (χ0v) is 14.6. The quantitative estimate of drug-likeness (QED) is 0.644. The zero-order chi connectivity index (χ0) is 17.7. The number of ether oxygens (including phenoxy) is 2. The maximum Gasteiger partial charge on any atom is 0.341 e. The number of halogens is 2. The van der Waals surface area contributed by atoms with Crippen LogP contribution in [-0.2, 0) is 19.8 Å². The van der Waals surface area contributed by atoms with Gasteiger partial charge in [-0.1, -0.05) is 29.3 Å². The minimum atomic E-state index is -4.06. The van der Waals surface area contributed by atoms with Gasteiger partial charge in [0, 0.05) is 11.1 Å². The molecule has 0 fully saturated rings. The van der Waals surface area contributed by atoms with E-state index in [9.17, 15) is 13.2 Å². The third kappa shape index (κ3) is 2.63. The van der Waals surface area contributed by atoms with Crippen LogP contribution in [0.5, 0.6) is 5.75 Å². The summed E-state index contributed by atoms with van der Waals surface area (Å²) in [5.74, 6) is -0.182. The average Bonchev–Trinajstić information content (AvgIpc) is 2.78. The highest BCUT2D eigenvalue weighted by atomic mass is 35.5. The number of esters is 1. The Hall–Kier alpha value is -1.80. The minimum absolute atomic E-state index is 0.0548. The van der Waals surface area contributed by atoms with E-state index in [0.717, 1.165) is 0 Å². The van der Waals surface area contributed by atoms with Gasteiger partial charge in [-0.05, 0) is 30.3 Å². The number of hydrogen-bond donors (Lipinski definition) is 1. The molecule has 3 rings (SSSR count). The lowest BCUT2D eigenvalue weighted by Gasteiger charge is -2.22. The maximum absolute atomic E-state index is 12.1. The number of rotatable bonds is 3. The van der Waals surface area contributed by atoms with Gasteiger partial charge in [0.2, 0.25) is 15.1 Å². The Bertz CT molecular complexity index is 960. The number of alkyl halides is 1. The predicted molar refractivity (Wildman–Crippen MR) is 87.9 cm³/mol. The van der Waals surface area contributed by atoms with Crippen molar-refractivity contribution in [3.05, 3.63) is 58.1 Å². The van der Waals surface area contributed by atoms with E-state index >= 15 is 0 Å². The first-order valence-corrected chi connectivity index (χ1v) is 8.90. The van der Waals surface area contributed by atoms with Gasteiger partial charge in [0.05, 0.1) is 17.7 Å². The summed E-state index contributed by atoms with van der Waals surface area (Å²) >= 11 is 12.4. The highest BCUT2D eigenvalue weighted by Crippen LogP contribution is 2.47. The SMILES string of the molecule is COc1ccc2c(c1)C(=O)OC2(Cl)c1ccc(Cl)c(S(N)(=O)=O)c1. The minimum Gasteiger partial charge on any atom is -0.497 e. The van der Waals surface area contributed by atoms with Gasteiger partial charge in [0.15, 0.2) is 0 Å². The van der Waals surface area contributed by atoms with Crippen LogP contribution in [0.25, 0.3) is 0 Å². The number of carbonyl (C=O) groups excluding carboxylic acids is 1. The number of sulfonamides is 1. The molecule has 0 saturated carbocycles. The summed E-state index contributed by atoms with van der Waals surface area (Å²) in [5, 5.41) is 3.42. The highest BCUT2D eigenvalue weighted by Gasteiger charge is 2.46. The number of nitrogens with two attached hydrogens (primary N) is 1. The van der Waals surface area contributed by atoms with Crippen molar-refractivity contribution < 1.29 is 22.7 Å². The van der Waals surface area contributed by atoms with Crippen LogP contribution in [-0.4, -0.2) is 21.5 Å². The number of benzene rings is 2. The van der Waals surface area contributed by atoms with Crippen molar-refractivity contribution in [3.63, 3.8) is 0 Å². The van der Waals surface area contributed by atoms with Crippen molar-refractivity contribution in [2.45, 2.75) is 9.96 Å². The van der Waals surface area contributed by atoms with Gasteiger partial charge < -0.3 is 9.47 Å². The zero-order valence-electron chi connectivity index (χ0n) is 12.2. The van der Waals surface area contributed by atoms with Gasteiger partial charge in [-0.2, -0.15) is 0 Å². The Balaban J connectivity index is 2.20. The molecule has 0 bridgehead atoms. The normalized spacial score (nSPS) is 19.8. The van der Waals surface area contributed by atoms with Gasteiger partial charge in [0.25, 0.3) is 0 Å². The summed E-state index contributed by atoms with van der Waals surface area (Å²) in [7, 11) is -2.60. The molecular formula is C15H11Cl2NO5S. The van der Waals surface area contributed by atoms with Crippen LogP contribution in [0, 0.1) is 0 Å². The largest absolute Gasteiger partial charge is 0.497 e. The standard InChI is InChI=1S/C15H11Cl2NO5S/c1-22-9-3-4-11-10(7-9)14(19)23-15(11,17)8-2-5-12(16)13(6-8)24(18,20)21/h2-7H,1H3,(H2,18,20,21). The van der Waals surface area contributed by atoms with E-state index in [2.05, 4.69) is 0 Å². The summed E-state index contributed by atoms with van der Waals surface area (Å²) < 4.78 is 33.7. The first kappa shape index (κ1) is 17.0. The van der Waals surface area contributed by atoms with E-state index in [-0.39, 0.29) is 21.0 Å². The molecule has 9 heteroatoms. The molecule has 126 valence electrons. The van der Waals surface area contributed by atoms with Crippen LogP contribution in [0.3, 0.4) is 0 Å². The lowest BCUT2D eigenvalue weighted by molar-refractivity contribution is 0.0365. The fourth-order valence-corrected chi connectivity index (χ4v) is 3.90. The molecule has 1 unspecified atom stereocenters. The lowest BCUT2D eigenvalue weighted by atomic mass is 9.98. The summed E-state index contributed by atoms with van der Waals surface area (Å²) in [6, 6.07) is 8.69. The summed E-state index contributed by atoms with van der Waals surface area (Å²) in [4.78, 5) is 11.8. The number of carbonyl (C=O) groups is 1. The van der Waals surface area contributed by atoms with Crippen molar-refractivity contribution in [1.82, 2.24) is 0 Å². The van der Waals surface area contributed by atoms with Crippen LogP contribution in [0.15, 0.2) is 41.3 Å². The second-order valence-corrected chi connectivity index (χ2v) is 7.56. The van der Waals surface area contributed by atoms with Crippen LogP contribution < -0.4 is 9.88 Å². The van der Waals surface area contributed by atoms with Crippen molar-refractivity contribution in [2.24, 2.45) is 5.14 Å². The van der Waals surface area contributed by atoms with Crippen LogP contribution >= 0.6 is 23.2 Å². The van der Waals surface area contributed by atoms with Crippen molar-refractivity contribution in [2.75, 3.05) is 7.11 Å². The molecule has 0 aromatic heterocycles. The third-order valence-electron chi connectivity index (χ3n) is 3.64. The fraction of sp³-hybridized carbons (Fsp3) is 0.133. The second kappa shape index (κ2) is 5.63. The molecule has 0 aliphatic carbocycles. The van der Waals surface area contributed by atoms with Crippen molar-refractivity contribution >= 4 is 39.2 Å². The Morgan fingerprint density at radius 2 is 1.92 bits per heavy atom. The number of fused-ring (bicyclic) bond motifs is 1. The molecule has 0 amide bonds. The number of methoxy groups -OCH3 is 1. The molecule has 1 aliphatic rings. The van der Waals surface area contributed by atoms with E-state index in [1.165, 1.54) is 31.4 Å². The first-order chi connectivity index (χ1) is 11.2. The topological polar surface area (TPSA) is 95.7 Å². The van der Waals surface area contributed by atoms with Crippen LogP contribution in [0.1, 0.15) is 21.5 Å². The Morgan fingerprint density at radius 3 is 2.54 bits per heavy atom. The molecule has 2 aromatic carbocycles. The fourth-order valence-electron chi connectivity index (χ4n) is 2.47. The third-order valence-corrected chi connectivity index (χ3v) is 5.53. The van der Waals surface area contributed by atoms with Crippen molar-refractivity contribution in [3.8, 4) is 5.75 Å². The Kier molecular flexibility index (Phi) is 4.00. The molecule has 2 N–H and O–H groups in total. The number of cyclic esters (lactones) is 1. The maximum atomic E-state index is 12.1.